The van der Waals surface area contributed by atoms with Gasteiger partial charge in [0.25, 0.3) is 11.5 Å². The number of benzene rings is 1. The molecular formula is C30H37N5O2S2. The van der Waals surface area contributed by atoms with Crippen molar-refractivity contribution in [3.63, 3.8) is 0 Å². The highest BCUT2D eigenvalue weighted by molar-refractivity contribution is 8.26. The van der Waals surface area contributed by atoms with Crippen LogP contribution >= 0.6 is 24.0 Å². The van der Waals surface area contributed by atoms with Crippen molar-refractivity contribution in [2.45, 2.75) is 52.5 Å². The van der Waals surface area contributed by atoms with Gasteiger partial charge >= 0.3 is 0 Å². The van der Waals surface area contributed by atoms with E-state index in [1.807, 2.05) is 12.1 Å². The average molecular weight is 564 g/mol. The van der Waals surface area contributed by atoms with E-state index in [4.69, 9.17) is 12.2 Å². The molecule has 39 heavy (non-hydrogen) atoms. The molecule has 1 aromatic carbocycles. The number of hydrogen-bond donors (Lipinski definition) is 0. The van der Waals surface area contributed by atoms with E-state index in [0.29, 0.717) is 21.3 Å². The third-order valence-electron chi connectivity index (χ3n) is 7.52. The molecule has 206 valence electrons. The Bertz CT molecular complexity index is 1340. The number of rotatable bonds is 10. The minimum Gasteiger partial charge on any atom is -0.355 e. The van der Waals surface area contributed by atoms with Crippen LogP contribution in [-0.2, 0) is 18.4 Å². The Morgan fingerprint density at radius 2 is 1.74 bits per heavy atom. The lowest BCUT2D eigenvalue weighted by Gasteiger charge is -2.37. The third kappa shape index (κ3) is 6.63. The number of thioether (sulfide) groups is 1. The molecular weight excluding hydrogens is 526 g/mol. The molecule has 2 fully saturated rings. The van der Waals surface area contributed by atoms with Gasteiger partial charge in [-0.3, -0.25) is 24.0 Å². The molecule has 1 aromatic heterocycles. The van der Waals surface area contributed by atoms with Crippen molar-refractivity contribution in [1.29, 1.82) is 5.26 Å². The van der Waals surface area contributed by atoms with Crippen molar-refractivity contribution in [1.82, 2.24) is 14.4 Å². The Morgan fingerprint density at radius 1 is 1.05 bits per heavy atom. The summed E-state index contributed by atoms with van der Waals surface area (Å²) in [5, 5.41) is 9.77. The fourth-order valence-corrected chi connectivity index (χ4v) is 6.54. The van der Waals surface area contributed by atoms with Crippen molar-refractivity contribution in [3.8, 4) is 6.07 Å². The van der Waals surface area contributed by atoms with E-state index >= 15 is 0 Å². The van der Waals surface area contributed by atoms with Crippen LogP contribution in [0, 0.1) is 18.3 Å². The second-order valence-electron chi connectivity index (χ2n) is 10.2. The van der Waals surface area contributed by atoms with Gasteiger partial charge in [-0.05, 0) is 30.5 Å². The third-order valence-corrected chi connectivity index (χ3v) is 8.90. The van der Waals surface area contributed by atoms with Crippen molar-refractivity contribution >= 4 is 46.1 Å². The summed E-state index contributed by atoms with van der Waals surface area (Å²) in [6, 6.07) is 12.5. The Hall–Kier alpha value is -2.93. The first-order chi connectivity index (χ1) is 18.8. The molecule has 0 bridgehead atoms. The van der Waals surface area contributed by atoms with Gasteiger partial charge in [0.2, 0.25) is 0 Å². The fraction of sp³-hybridized carbons (Fsp3) is 0.467. The number of piperazine rings is 1. The molecule has 2 aromatic rings. The van der Waals surface area contributed by atoms with Gasteiger partial charge in [0, 0.05) is 51.9 Å². The second-order valence-corrected chi connectivity index (χ2v) is 11.9. The lowest BCUT2D eigenvalue weighted by atomic mass is 10.0. The highest BCUT2D eigenvalue weighted by Crippen LogP contribution is 2.36. The molecule has 2 aliphatic heterocycles. The van der Waals surface area contributed by atoms with Crippen LogP contribution in [-0.4, -0.2) is 57.3 Å². The molecule has 4 rings (SSSR count). The highest BCUT2D eigenvalue weighted by atomic mass is 32.2. The normalized spacial score (nSPS) is 17.3. The van der Waals surface area contributed by atoms with E-state index in [-0.39, 0.29) is 17.0 Å². The SMILES string of the molecule is CCCCCCCN1C(=O)/C(=C/c2c(C)c(C#N)c(=O)n(C)c2N2CCN(Cc3ccccc3)CC2)SC1=S. The van der Waals surface area contributed by atoms with Crippen LogP contribution in [0.4, 0.5) is 5.82 Å². The van der Waals surface area contributed by atoms with Crippen LogP contribution in [0.15, 0.2) is 40.0 Å². The fourth-order valence-electron chi connectivity index (χ4n) is 5.25. The van der Waals surface area contributed by atoms with Gasteiger partial charge in [-0.1, -0.05) is 86.9 Å². The van der Waals surface area contributed by atoms with Crippen LogP contribution in [0.1, 0.15) is 61.3 Å². The predicted octanol–water partition coefficient (Wildman–Crippen LogP) is 5.06. The summed E-state index contributed by atoms with van der Waals surface area (Å²) in [6.07, 6.45) is 7.40. The molecule has 0 unspecified atom stereocenters. The largest absolute Gasteiger partial charge is 0.355 e. The number of nitriles is 1. The first-order valence-corrected chi connectivity index (χ1v) is 15.0. The molecule has 9 heteroatoms. The standard InChI is InChI=1S/C30H37N5O2S2/c1-4-5-6-7-11-14-35-29(37)26(39-30(35)38)19-24-22(2)25(20-31)28(36)32(3)27(24)34-17-15-33(16-18-34)21-23-12-9-8-10-13-23/h8-10,12-13,19H,4-7,11,14-18,21H2,1-3H3/b26-19-. The van der Waals surface area contributed by atoms with Gasteiger partial charge in [0.05, 0.1) is 4.91 Å². The maximum absolute atomic E-state index is 13.4. The van der Waals surface area contributed by atoms with Crippen LogP contribution in [0.2, 0.25) is 0 Å². The van der Waals surface area contributed by atoms with Crippen LogP contribution in [0.5, 0.6) is 0 Å². The topological polar surface area (TPSA) is 72.6 Å². The Kier molecular flexibility index (Phi) is 10.0. The molecule has 0 saturated carbocycles. The first-order valence-electron chi connectivity index (χ1n) is 13.8. The molecule has 2 saturated heterocycles. The lowest BCUT2D eigenvalue weighted by Crippen LogP contribution is -2.48. The summed E-state index contributed by atoms with van der Waals surface area (Å²) in [5.41, 5.74) is 2.43. The quantitative estimate of drug-likeness (QED) is 0.227. The van der Waals surface area contributed by atoms with E-state index in [1.165, 1.54) is 30.2 Å². The molecule has 1 amide bonds. The zero-order valence-electron chi connectivity index (χ0n) is 23.1. The molecule has 0 atom stereocenters. The zero-order valence-corrected chi connectivity index (χ0v) is 24.7. The second kappa shape index (κ2) is 13.4. The number of hydrogen-bond acceptors (Lipinski definition) is 7. The van der Waals surface area contributed by atoms with E-state index in [0.717, 1.165) is 63.4 Å². The van der Waals surface area contributed by atoms with E-state index in [1.54, 1.807) is 23.4 Å². The molecule has 3 heterocycles. The number of pyridine rings is 1. The van der Waals surface area contributed by atoms with Crippen molar-refractivity contribution in [2.75, 3.05) is 37.6 Å². The predicted molar refractivity (Wildman–Crippen MR) is 164 cm³/mol. The average Bonchev–Trinajstić information content (AvgIpc) is 3.20. The minimum atomic E-state index is -0.312. The highest BCUT2D eigenvalue weighted by Gasteiger charge is 2.33. The number of carbonyl (C=O) groups excluding carboxylic acids is 1. The maximum Gasteiger partial charge on any atom is 0.270 e. The van der Waals surface area contributed by atoms with E-state index in [9.17, 15) is 14.9 Å². The number of anilines is 1. The van der Waals surface area contributed by atoms with Crippen molar-refractivity contribution < 1.29 is 4.79 Å². The maximum atomic E-state index is 13.4. The summed E-state index contributed by atoms with van der Waals surface area (Å²) in [5.74, 6) is 0.659. The van der Waals surface area contributed by atoms with E-state index in [2.05, 4.69) is 47.1 Å². The number of aromatic nitrogens is 1. The Morgan fingerprint density at radius 3 is 2.41 bits per heavy atom. The number of carbonyl (C=O) groups is 1. The Labute approximate surface area is 241 Å². The summed E-state index contributed by atoms with van der Waals surface area (Å²) >= 11 is 6.87. The first kappa shape index (κ1) is 29.1. The van der Waals surface area contributed by atoms with Crippen LogP contribution < -0.4 is 10.5 Å². The smallest absolute Gasteiger partial charge is 0.270 e. The minimum absolute atomic E-state index is 0.0918. The van der Waals surface area contributed by atoms with Crippen LogP contribution in [0.3, 0.4) is 0 Å². The summed E-state index contributed by atoms with van der Waals surface area (Å²) in [7, 11) is 1.72. The molecule has 2 aliphatic rings. The summed E-state index contributed by atoms with van der Waals surface area (Å²) in [4.78, 5) is 33.3. The molecule has 0 radical (unpaired) electrons. The van der Waals surface area contributed by atoms with E-state index < -0.39 is 0 Å². The van der Waals surface area contributed by atoms with Crippen molar-refractivity contribution in [3.05, 3.63) is 67.8 Å². The monoisotopic (exact) mass is 563 g/mol. The van der Waals surface area contributed by atoms with Gasteiger partial charge in [-0.2, -0.15) is 5.26 Å². The molecule has 0 N–H and O–H groups in total. The lowest BCUT2D eigenvalue weighted by molar-refractivity contribution is -0.122. The Balaban J connectivity index is 1.59. The van der Waals surface area contributed by atoms with Crippen molar-refractivity contribution in [2.24, 2.45) is 7.05 Å². The number of thiocarbonyl (C=S) groups is 1. The number of unbranched alkanes of at least 4 members (excludes halogenated alkanes) is 4. The van der Waals surface area contributed by atoms with Gasteiger partial charge in [0.1, 0.15) is 21.8 Å². The molecule has 0 aliphatic carbocycles. The zero-order chi connectivity index (χ0) is 27.9. The van der Waals surface area contributed by atoms with Gasteiger partial charge < -0.3 is 4.90 Å². The van der Waals surface area contributed by atoms with Gasteiger partial charge in [-0.25, -0.2) is 0 Å². The van der Waals surface area contributed by atoms with Gasteiger partial charge in [-0.15, -0.1) is 0 Å². The van der Waals surface area contributed by atoms with Gasteiger partial charge in [0.15, 0.2) is 0 Å². The number of amides is 1. The molecule has 0 spiro atoms. The summed E-state index contributed by atoms with van der Waals surface area (Å²) < 4.78 is 2.14. The summed E-state index contributed by atoms with van der Waals surface area (Å²) in [6.45, 7) is 8.67. The number of nitrogens with zero attached hydrogens (tertiary/aromatic N) is 5. The molecule has 7 nitrogen and oxygen atoms in total. The van der Waals surface area contributed by atoms with Crippen LogP contribution in [0.25, 0.3) is 6.08 Å².